The predicted octanol–water partition coefficient (Wildman–Crippen LogP) is 4.24. The van der Waals surface area contributed by atoms with Crippen molar-refractivity contribution in [2.24, 2.45) is 5.92 Å². The first-order valence-electron chi connectivity index (χ1n) is 11.4. The fourth-order valence-corrected chi connectivity index (χ4v) is 5.03. The van der Waals surface area contributed by atoms with Gasteiger partial charge in [-0.2, -0.15) is 0 Å². The highest BCUT2D eigenvalue weighted by Crippen LogP contribution is 2.25. The molecule has 1 aliphatic rings. The Morgan fingerprint density at radius 2 is 2.00 bits per heavy atom. The maximum absolute atomic E-state index is 13.0. The van der Waals surface area contributed by atoms with Gasteiger partial charge in [-0.1, -0.05) is 19.1 Å². The Kier molecular flexibility index (Phi) is 5.50. The molecule has 1 aromatic carbocycles. The number of carbonyl (C=O) groups is 1. The molecule has 0 radical (unpaired) electrons. The van der Waals surface area contributed by atoms with Crippen molar-refractivity contribution in [1.82, 2.24) is 19.4 Å². The molecule has 0 amide bonds. The van der Waals surface area contributed by atoms with E-state index in [1.54, 1.807) is 16.8 Å². The fraction of sp³-hybridized carbons (Fsp3) is 0.346. The minimum Gasteiger partial charge on any atom is -0.478 e. The molecular weight excluding hydrogens is 416 g/mol. The first kappa shape index (κ1) is 21.4. The number of likely N-dealkylation sites (tertiary alicyclic amines) is 1. The van der Waals surface area contributed by atoms with E-state index >= 15 is 0 Å². The van der Waals surface area contributed by atoms with Gasteiger partial charge in [-0.25, -0.2) is 4.79 Å². The highest BCUT2D eigenvalue weighted by molar-refractivity contribution is 6.02. The number of carboxylic acids is 1. The smallest absolute Gasteiger partial charge is 0.337 e. The maximum Gasteiger partial charge on any atom is 0.337 e. The Balaban J connectivity index is 1.40. The van der Waals surface area contributed by atoms with Crippen LogP contribution < -0.4 is 5.56 Å². The van der Waals surface area contributed by atoms with Gasteiger partial charge in [-0.3, -0.25) is 14.7 Å². The number of nitrogens with zero attached hydrogens (tertiary/aromatic N) is 3. The first-order chi connectivity index (χ1) is 15.9. The number of aromatic nitrogens is 3. The third kappa shape index (κ3) is 4.16. The molecule has 0 unspecified atom stereocenters. The van der Waals surface area contributed by atoms with Crippen molar-refractivity contribution in [2.75, 3.05) is 6.54 Å². The lowest BCUT2D eigenvalue weighted by atomic mass is 9.93. The van der Waals surface area contributed by atoms with E-state index in [1.165, 1.54) is 30.9 Å². The van der Waals surface area contributed by atoms with Crippen LogP contribution in [0.4, 0.5) is 0 Å². The van der Waals surface area contributed by atoms with Crippen molar-refractivity contribution in [3.05, 3.63) is 76.1 Å². The van der Waals surface area contributed by atoms with Gasteiger partial charge in [-0.05, 0) is 61.4 Å². The second-order valence-corrected chi connectivity index (χ2v) is 9.37. The number of hydrogen-bond donors (Lipinski definition) is 2. The summed E-state index contributed by atoms with van der Waals surface area (Å²) >= 11 is 0. The number of rotatable bonds is 5. The van der Waals surface area contributed by atoms with E-state index in [4.69, 9.17) is 0 Å². The van der Waals surface area contributed by atoms with Crippen LogP contribution in [0.3, 0.4) is 0 Å². The van der Waals surface area contributed by atoms with Crippen LogP contribution in [-0.2, 0) is 13.1 Å². The highest BCUT2D eigenvalue weighted by atomic mass is 16.4. The summed E-state index contributed by atoms with van der Waals surface area (Å²) in [6, 6.07) is 10.7. The van der Waals surface area contributed by atoms with Crippen molar-refractivity contribution < 1.29 is 9.90 Å². The van der Waals surface area contributed by atoms with Crippen LogP contribution in [0, 0.1) is 5.92 Å². The number of fused-ring (bicyclic) bond motifs is 2. The summed E-state index contributed by atoms with van der Waals surface area (Å²) in [5, 5.41) is 11.2. The third-order valence-corrected chi connectivity index (χ3v) is 6.88. The maximum atomic E-state index is 13.0. The first-order valence-corrected chi connectivity index (χ1v) is 11.4. The molecule has 2 atom stereocenters. The lowest BCUT2D eigenvalue weighted by molar-refractivity contribution is 0.0698. The molecular formula is C26H28N4O3. The number of H-pyrrole nitrogens is 1. The molecule has 1 saturated heterocycles. The lowest BCUT2D eigenvalue weighted by Gasteiger charge is -2.36. The Morgan fingerprint density at radius 3 is 2.79 bits per heavy atom. The monoisotopic (exact) mass is 444 g/mol. The largest absolute Gasteiger partial charge is 0.478 e. The molecule has 170 valence electrons. The van der Waals surface area contributed by atoms with Crippen LogP contribution in [0.2, 0.25) is 0 Å². The molecule has 0 spiro atoms. The molecule has 0 aliphatic carbocycles. The van der Waals surface area contributed by atoms with Gasteiger partial charge in [-0.15, -0.1) is 0 Å². The summed E-state index contributed by atoms with van der Waals surface area (Å²) in [5.41, 5.74) is 3.06. The van der Waals surface area contributed by atoms with E-state index in [0.29, 0.717) is 23.4 Å². The second-order valence-electron chi connectivity index (χ2n) is 9.37. The molecule has 4 aromatic rings. The van der Waals surface area contributed by atoms with Gasteiger partial charge in [0.15, 0.2) is 0 Å². The van der Waals surface area contributed by atoms with Gasteiger partial charge in [0.1, 0.15) is 0 Å². The van der Waals surface area contributed by atoms with Gasteiger partial charge in [0.05, 0.1) is 17.5 Å². The quantitative estimate of drug-likeness (QED) is 0.480. The molecule has 5 rings (SSSR count). The molecule has 3 aromatic heterocycles. The average Bonchev–Trinajstić information content (AvgIpc) is 3.19. The minimum absolute atomic E-state index is 0.0366. The molecule has 7 nitrogen and oxygen atoms in total. The highest BCUT2D eigenvalue weighted by Gasteiger charge is 2.23. The number of hydrogen-bond acceptors (Lipinski definition) is 4. The van der Waals surface area contributed by atoms with Crippen LogP contribution in [0.1, 0.15) is 48.3 Å². The molecule has 0 bridgehead atoms. The Bertz CT molecular complexity index is 1400. The molecule has 1 fully saturated rings. The topological polar surface area (TPSA) is 91.2 Å². The average molecular weight is 445 g/mol. The number of aromatic carboxylic acids is 1. The van der Waals surface area contributed by atoms with Crippen LogP contribution in [0.25, 0.3) is 21.7 Å². The van der Waals surface area contributed by atoms with E-state index in [1.807, 2.05) is 6.07 Å². The number of piperidine rings is 1. The predicted molar refractivity (Wildman–Crippen MR) is 129 cm³/mol. The van der Waals surface area contributed by atoms with Crippen LogP contribution in [0.5, 0.6) is 0 Å². The summed E-state index contributed by atoms with van der Waals surface area (Å²) in [4.78, 5) is 34.4. The Labute approximate surface area is 191 Å². The molecule has 2 N–H and O–H groups in total. The molecule has 0 saturated carbocycles. The zero-order chi connectivity index (χ0) is 23.1. The van der Waals surface area contributed by atoms with Gasteiger partial charge in [0.2, 0.25) is 0 Å². The summed E-state index contributed by atoms with van der Waals surface area (Å²) in [7, 11) is 0. The fourth-order valence-electron chi connectivity index (χ4n) is 5.03. The Hall–Kier alpha value is -3.45. The van der Waals surface area contributed by atoms with Crippen molar-refractivity contribution >= 4 is 27.6 Å². The lowest BCUT2D eigenvalue weighted by Crippen LogP contribution is -2.39. The zero-order valence-corrected chi connectivity index (χ0v) is 18.9. The summed E-state index contributed by atoms with van der Waals surface area (Å²) in [6.07, 6.45) is 6.85. The van der Waals surface area contributed by atoms with E-state index in [0.717, 1.165) is 35.5 Å². The molecule has 1 aliphatic heterocycles. The van der Waals surface area contributed by atoms with Crippen molar-refractivity contribution in [3.63, 3.8) is 0 Å². The van der Waals surface area contributed by atoms with Crippen molar-refractivity contribution in [1.29, 1.82) is 0 Å². The standard InChI is InChI=1S/C26H28N4O3/c1-16-5-7-29(17(2)9-16)15-20-11-19-4-3-18(10-24(19)28-20)14-30-8-6-21-22(25(30)31)12-27-13-23(21)26(32)33/h3-4,6,8,10-13,16-17,28H,5,7,9,14-15H2,1-2H3,(H,32,33)/t16-,17-/m0/s1. The number of aromatic amines is 1. The normalized spacial score (nSPS) is 19.3. The van der Waals surface area contributed by atoms with Gasteiger partial charge in [0, 0.05) is 47.8 Å². The summed E-state index contributed by atoms with van der Waals surface area (Å²) in [6.45, 7) is 7.10. The minimum atomic E-state index is -1.09. The van der Waals surface area contributed by atoms with E-state index in [9.17, 15) is 14.7 Å². The van der Waals surface area contributed by atoms with Crippen molar-refractivity contribution in [3.8, 4) is 0 Å². The van der Waals surface area contributed by atoms with Crippen LogP contribution >= 0.6 is 0 Å². The zero-order valence-electron chi connectivity index (χ0n) is 18.9. The second kappa shape index (κ2) is 8.48. The van der Waals surface area contributed by atoms with E-state index in [2.05, 4.69) is 46.9 Å². The SMILES string of the molecule is C[C@H]1CCN(Cc2cc3ccc(Cn4ccc5c(C(=O)O)cncc5c4=O)cc3[nH]2)[C@@H](C)C1. The Morgan fingerprint density at radius 1 is 1.15 bits per heavy atom. The number of pyridine rings is 2. The summed E-state index contributed by atoms with van der Waals surface area (Å²) in [5.74, 6) is -0.293. The summed E-state index contributed by atoms with van der Waals surface area (Å²) < 4.78 is 1.59. The van der Waals surface area contributed by atoms with Gasteiger partial charge in [0.25, 0.3) is 5.56 Å². The number of carboxylic acid groups (broad SMARTS) is 1. The van der Waals surface area contributed by atoms with Gasteiger partial charge < -0.3 is 14.7 Å². The third-order valence-electron chi connectivity index (χ3n) is 6.88. The molecule has 4 heterocycles. The molecule has 7 heteroatoms. The van der Waals surface area contributed by atoms with Crippen LogP contribution in [-0.4, -0.2) is 43.1 Å². The van der Waals surface area contributed by atoms with E-state index < -0.39 is 5.97 Å². The molecule has 33 heavy (non-hydrogen) atoms. The number of benzene rings is 1. The van der Waals surface area contributed by atoms with E-state index in [-0.39, 0.29) is 11.1 Å². The van der Waals surface area contributed by atoms with Gasteiger partial charge >= 0.3 is 5.97 Å². The van der Waals surface area contributed by atoms with Crippen molar-refractivity contribution in [2.45, 2.75) is 45.8 Å². The number of nitrogens with one attached hydrogen (secondary N) is 1. The van der Waals surface area contributed by atoms with Crippen LogP contribution in [0.15, 0.2) is 53.7 Å².